The van der Waals surface area contributed by atoms with Gasteiger partial charge in [-0.05, 0) is 25.5 Å². The lowest BCUT2D eigenvalue weighted by Gasteiger charge is -2.32. The van der Waals surface area contributed by atoms with E-state index in [1.165, 1.54) is 25.1 Å². The summed E-state index contributed by atoms with van der Waals surface area (Å²) in [7, 11) is -3.93. The van der Waals surface area contributed by atoms with Crippen molar-refractivity contribution in [2.75, 3.05) is 31.7 Å². The average molecular weight is 657 g/mol. The number of amides is 2. The molecule has 0 saturated carbocycles. The molecule has 1 heterocycles. The summed E-state index contributed by atoms with van der Waals surface area (Å²) in [5, 5.41) is 18.0. The molecule has 3 aromatic rings. The molecule has 1 aromatic heterocycles. The van der Waals surface area contributed by atoms with E-state index in [4.69, 9.17) is 34.4 Å². The number of nitrogens with zero attached hydrogens (tertiary/aromatic N) is 2. The van der Waals surface area contributed by atoms with Crippen LogP contribution in [0.1, 0.15) is 32.8 Å². The Morgan fingerprint density at radius 2 is 1.80 bits per heavy atom. The fraction of sp³-hybridized carbons (Fsp3) is 0.393. The van der Waals surface area contributed by atoms with Gasteiger partial charge in [0.05, 0.1) is 37.0 Å². The summed E-state index contributed by atoms with van der Waals surface area (Å²) < 4.78 is 52.7. The topological polar surface area (TPSA) is 162 Å². The van der Waals surface area contributed by atoms with Crippen LogP contribution in [0, 0.1) is 5.82 Å². The molecule has 240 valence electrons. The van der Waals surface area contributed by atoms with Crippen molar-refractivity contribution < 1.29 is 46.5 Å². The lowest BCUT2D eigenvalue weighted by Crippen LogP contribution is -2.52. The number of rotatable bonds is 17. The van der Waals surface area contributed by atoms with Crippen molar-refractivity contribution in [2.24, 2.45) is 0 Å². The van der Waals surface area contributed by atoms with E-state index in [-0.39, 0.29) is 37.0 Å². The maximum Gasteiger partial charge on any atom is 0.474 e. The van der Waals surface area contributed by atoms with Gasteiger partial charge in [0.2, 0.25) is 5.91 Å². The Morgan fingerprint density at radius 3 is 2.45 bits per heavy atom. The first-order valence-corrected chi connectivity index (χ1v) is 15.5. The van der Waals surface area contributed by atoms with Crippen LogP contribution in [0.4, 0.5) is 15.0 Å². The van der Waals surface area contributed by atoms with Crippen LogP contribution in [-0.2, 0) is 34.2 Å². The van der Waals surface area contributed by atoms with Crippen molar-refractivity contribution in [3.05, 3.63) is 71.0 Å². The highest BCUT2D eigenvalue weighted by molar-refractivity contribution is 7.48. The van der Waals surface area contributed by atoms with Crippen molar-refractivity contribution in [3.8, 4) is 11.3 Å². The number of phosphoric acid groups is 1. The molecule has 0 aliphatic rings. The number of hydrogen-bond donors (Lipinski definition) is 3. The molecule has 0 bridgehead atoms. The molecule has 2 amide bonds. The van der Waals surface area contributed by atoms with Crippen LogP contribution in [0.2, 0.25) is 5.02 Å². The average Bonchev–Trinajstić information content (AvgIpc) is 3.46. The standard InChI is InChI=1S/C28H35ClFN4O9P/c1-4-40-44(38,41-5-2)42-18-23(36)14-22(34(19(3)35)31-16-21-12-9-13-24(30)27(21)29)17-39-28(37)32-26-15-25(43-33-26)20-10-7-6-8-11-20/h6-13,15,22-23,31,36H,4-5,14,16-18H2,1-3H3,(H,32,33,37)/t22-,23+/m0/s1. The van der Waals surface area contributed by atoms with Gasteiger partial charge in [0, 0.05) is 31.5 Å². The van der Waals surface area contributed by atoms with Crippen LogP contribution in [0.5, 0.6) is 0 Å². The Hall–Kier alpha value is -3.36. The number of ether oxygens (including phenoxy) is 1. The second-order valence-electron chi connectivity index (χ2n) is 9.22. The predicted octanol–water partition coefficient (Wildman–Crippen LogP) is 5.55. The third-order valence-electron chi connectivity index (χ3n) is 5.92. The summed E-state index contributed by atoms with van der Waals surface area (Å²) in [6.07, 6.45) is -2.44. The van der Waals surface area contributed by atoms with Crippen molar-refractivity contribution >= 4 is 37.2 Å². The van der Waals surface area contributed by atoms with Gasteiger partial charge in [0.15, 0.2) is 11.6 Å². The molecule has 0 aliphatic heterocycles. The van der Waals surface area contributed by atoms with E-state index < -0.39 is 51.0 Å². The summed E-state index contributed by atoms with van der Waals surface area (Å²) in [4.78, 5) is 25.3. The highest BCUT2D eigenvalue weighted by atomic mass is 35.5. The molecule has 3 rings (SSSR count). The molecule has 0 radical (unpaired) electrons. The lowest BCUT2D eigenvalue weighted by molar-refractivity contribution is -0.137. The zero-order chi connectivity index (χ0) is 32.1. The van der Waals surface area contributed by atoms with Gasteiger partial charge in [-0.2, -0.15) is 0 Å². The molecule has 0 spiro atoms. The second-order valence-corrected chi connectivity index (χ2v) is 11.3. The van der Waals surface area contributed by atoms with Gasteiger partial charge in [-0.25, -0.2) is 19.2 Å². The minimum Gasteiger partial charge on any atom is -0.447 e. The number of hydrogen-bond acceptors (Lipinski definition) is 11. The van der Waals surface area contributed by atoms with E-state index in [1.807, 2.05) is 30.3 Å². The Morgan fingerprint density at radius 1 is 1.09 bits per heavy atom. The number of hydrazine groups is 1. The van der Waals surface area contributed by atoms with Gasteiger partial charge in [-0.1, -0.05) is 59.2 Å². The van der Waals surface area contributed by atoms with Crippen LogP contribution in [0.3, 0.4) is 0 Å². The van der Waals surface area contributed by atoms with E-state index in [9.17, 15) is 23.7 Å². The number of carbonyl (C=O) groups is 2. The van der Waals surface area contributed by atoms with E-state index in [2.05, 4.69) is 15.9 Å². The van der Waals surface area contributed by atoms with Gasteiger partial charge < -0.3 is 14.4 Å². The van der Waals surface area contributed by atoms with E-state index in [0.717, 1.165) is 10.6 Å². The monoisotopic (exact) mass is 656 g/mol. The largest absolute Gasteiger partial charge is 0.474 e. The number of nitrogens with one attached hydrogen (secondary N) is 2. The molecule has 0 saturated heterocycles. The number of phosphoric ester groups is 1. The number of aliphatic hydroxyl groups is 1. The molecule has 2 atom stereocenters. The number of halogens is 2. The van der Waals surface area contributed by atoms with E-state index in [1.54, 1.807) is 19.9 Å². The summed E-state index contributed by atoms with van der Waals surface area (Å²) in [5.74, 6) is -0.649. The Kier molecular flexibility index (Phi) is 13.7. The van der Waals surface area contributed by atoms with Crippen LogP contribution in [0.15, 0.2) is 59.1 Å². The maximum atomic E-state index is 14.0. The van der Waals surface area contributed by atoms with Crippen molar-refractivity contribution in [1.82, 2.24) is 15.6 Å². The summed E-state index contributed by atoms with van der Waals surface area (Å²) in [5.41, 5.74) is 3.96. The smallest absolute Gasteiger partial charge is 0.447 e. The SMILES string of the molecule is CCOP(=O)(OCC)OC[C@H](O)C[C@@H](COC(=O)Nc1cc(-c2ccccc2)on1)N(NCc1cccc(F)c1Cl)C(C)=O. The van der Waals surface area contributed by atoms with Crippen molar-refractivity contribution in [2.45, 2.75) is 45.9 Å². The highest BCUT2D eigenvalue weighted by Gasteiger charge is 2.30. The molecular formula is C28H35ClFN4O9P. The second kappa shape index (κ2) is 17.2. The minimum atomic E-state index is -3.93. The molecule has 0 fully saturated rings. The normalized spacial score (nSPS) is 12.9. The van der Waals surface area contributed by atoms with Crippen molar-refractivity contribution in [3.63, 3.8) is 0 Å². The fourth-order valence-electron chi connectivity index (χ4n) is 3.97. The molecule has 3 N–H and O–H groups in total. The molecule has 44 heavy (non-hydrogen) atoms. The van der Waals surface area contributed by atoms with Crippen molar-refractivity contribution in [1.29, 1.82) is 0 Å². The molecule has 0 aliphatic carbocycles. The molecule has 16 heteroatoms. The number of anilines is 1. The zero-order valence-corrected chi connectivity index (χ0v) is 26.1. The van der Waals surface area contributed by atoms with Gasteiger partial charge in [-0.15, -0.1) is 0 Å². The first kappa shape index (κ1) is 35.1. The maximum absolute atomic E-state index is 14.0. The first-order chi connectivity index (χ1) is 21.0. The number of aromatic nitrogens is 1. The third-order valence-corrected chi connectivity index (χ3v) is 7.96. The van der Waals surface area contributed by atoms with Crippen LogP contribution < -0.4 is 10.7 Å². The van der Waals surface area contributed by atoms with Gasteiger partial charge >= 0.3 is 13.9 Å². The highest BCUT2D eigenvalue weighted by Crippen LogP contribution is 2.49. The zero-order valence-electron chi connectivity index (χ0n) is 24.4. The minimum absolute atomic E-state index is 0.0436. The number of carbonyl (C=O) groups excluding carboxylic acids is 2. The molecule has 2 aromatic carbocycles. The van der Waals surface area contributed by atoms with Crippen LogP contribution in [0.25, 0.3) is 11.3 Å². The molecular weight excluding hydrogens is 622 g/mol. The number of aliphatic hydroxyl groups excluding tert-OH is 1. The Balaban J connectivity index is 1.71. The lowest BCUT2D eigenvalue weighted by atomic mass is 10.1. The summed E-state index contributed by atoms with van der Waals surface area (Å²) in [6.45, 7) is 3.57. The van der Waals surface area contributed by atoms with Gasteiger partial charge in [0.1, 0.15) is 12.4 Å². The fourth-order valence-corrected chi connectivity index (χ4v) is 5.38. The summed E-state index contributed by atoms with van der Waals surface area (Å²) >= 11 is 6.06. The van der Waals surface area contributed by atoms with Gasteiger partial charge in [-0.3, -0.25) is 28.7 Å². The number of benzene rings is 2. The van der Waals surface area contributed by atoms with Gasteiger partial charge in [0.25, 0.3) is 0 Å². The quantitative estimate of drug-likeness (QED) is 0.123. The third kappa shape index (κ3) is 10.7. The Labute approximate surface area is 259 Å². The summed E-state index contributed by atoms with van der Waals surface area (Å²) in [6, 6.07) is 13.9. The molecule has 0 unspecified atom stereocenters. The predicted molar refractivity (Wildman–Crippen MR) is 159 cm³/mol. The molecule has 13 nitrogen and oxygen atoms in total. The Bertz CT molecular complexity index is 1400. The van der Waals surface area contributed by atoms with Crippen LogP contribution in [-0.4, -0.2) is 65.8 Å². The van der Waals surface area contributed by atoms with E-state index >= 15 is 0 Å². The van der Waals surface area contributed by atoms with E-state index in [0.29, 0.717) is 11.3 Å². The van der Waals surface area contributed by atoms with Crippen LogP contribution >= 0.6 is 19.4 Å². The first-order valence-electron chi connectivity index (χ1n) is 13.7.